The van der Waals surface area contributed by atoms with E-state index in [4.69, 9.17) is 18.6 Å². The Hall–Kier alpha value is -3.05. The Bertz CT molecular complexity index is 1430. The Morgan fingerprint density at radius 3 is 2.45 bits per heavy atom. The lowest BCUT2D eigenvalue weighted by molar-refractivity contribution is -0.234. The number of halogens is 1. The van der Waals surface area contributed by atoms with Gasteiger partial charge in [0.15, 0.2) is 18.0 Å². The van der Waals surface area contributed by atoms with Crippen LogP contribution < -0.4 is 0 Å². The number of aliphatic hydroxyl groups excluding tert-OH is 1. The van der Waals surface area contributed by atoms with Crippen LogP contribution >= 0.6 is 15.9 Å². The average Bonchev–Trinajstić information content (AvgIpc) is 3.61. The first-order valence-corrected chi connectivity index (χ1v) is 16.0. The molecule has 0 saturated heterocycles. The van der Waals surface area contributed by atoms with Crippen molar-refractivity contribution in [3.63, 3.8) is 0 Å². The van der Waals surface area contributed by atoms with E-state index in [1.165, 1.54) is 24.5 Å². The predicted octanol–water partition coefficient (Wildman–Crippen LogP) is 4.67. The van der Waals surface area contributed by atoms with Crippen LogP contribution in [0.5, 0.6) is 0 Å². The van der Waals surface area contributed by atoms with Crippen LogP contribution in [0, 0.1) is 28.6 Å². The number of hydrogen-bond donors (Lipinski definition) is 1. The molecule has 4 aliphatic rings. The topological polar surface area (TPSA) is 146 Å². The van der Waals surface area contributed by atoms with E-state index in [0.717, 1.165) is 5.57 Å². The van der Waals surface area contributed by atoms with Crippen molar-refractivity contribution in [1.82, 2.24) is 0 Å². The van der Waals surface area contributed by atoms with Gasteiger partial charge in [-0.1, -0.05) is 62.2 Å². The van der Waals surface area contributed by atoms with Gasteiger partial charge in [0, 0.05) is 24.2 Å². The third-order valence-electron chi connectivity index (χ3n) is 10.9. The number of Topliss-reactive ketones (excluding diaryl/α,β-unsaturated/α-hetero) is 1. The van der Waals surface area contributed by atoms with Crippen LogP contribution in [-0.4, -0.2) is 63.3 Å². The van der Waals surface area contributed by atoms with E-state index in [2.05, 4.69) is 15.9 Å². The Kier molecular flexibility index (Phi) is 8.37. The van der Waals surface area contributed by atoms with Crippen LogP contribution in [0.1, 0.15) is 77.3 Å². The van der Waals surface area contributed by atoms with Crippen LogP contribution in [0.25, 0.3) is 0 Å². The molecule has 10 nitrogen and oxygen atoms in total. The molecular weight excluding hydrogens is 636 g/mol. The van der Waals surface area contributed by atoms with Gasteiger partial charge in [0.1, 0.15) is 12.2 Å². The van der Waals surface area contributed by atoms with Crippen molar-refractivity contribution in [1.29, 1.82) is 0 Å². The third kappa shape index (κ3) is 4.40. The largest absolute Gasteiger partial charge is 0.457 e. The maximum absolute atomic E-state index is 14.4. The van der Waals surface area contributed by atoms with Crippen LogP contribution in [0.3, 0.4) is 0 Å². The number of fused-ring (bicyclic) bond motifs is 5. The molecule has 1 aromatic rings. The molecule has 4 aliphatic carbocycles. The van der Waals surface area contributed by atoms with Gasteiger partial charge >= 0.3 is 17.9 Å². The summed E-state index contributed by atoms with van der Waals surface area (Å²) in [4.78, 5) is 65.6. The molecule has 0 spiro atoms. The second-order valence-corrected chi connectivity index (χ2v) is 14.1. The fraction of sp³-hybridized carbons (Fsp3) is 0.606. The summed E-state index contributed by atoms with van der Waals surface area (Å²) in [6.07, 6.45) is 4.86. The van der Waals surface area contributed by atoms with Crippen LogP contribution in [0.4, 0.5) is 0 Å². The summed E-state index contributed by atoms with van der Waals surface area (Å²) in [7, 11) is 0. The quantitative estimate of drug-likeness (QED) is 0.234. The highest BCUT2D eigenvalue weighted by Gasteiger charge is 2.80. The van der Waals surface area contributed by atoms with E-state index in [9.17, 15) is 29.1 Å². The summed E-state index contributed by atoms with van der Waals surface area (Å²) in [5.41, 5.74) is -3.37. The molecule has 1 unspecified atom stereocenters. The second kappa shape index (κ2) is 11.4. The molecule has 3 fully saturated rings. The first-order valence-electron chi connectivity index (χ1n) is 15.2. The van der Waals surface area contributed by atoms with E-state index in [1.54, 1.807) is 39.8 Å². The Morgan fingerprint density at radius 2 is 1.82 bits per heavy atom. The zero-order valence-corrected chi connectivity index (χ0v) is 27.2. The van der Waals surface area contributed by atoms with Gasteiger partial charge in [0.2, 0.25) is 11.5 Å². The van der Waals surface area contributed by atoms with E-state index < -0.39 is 75.1 Å². The number of hydrogen-bond acceptors (Lipinski definition) is 10. The summed E-state index contributed by atoms with van der Waals surface area (Å²) in [6.45, 7) is 8.04. The van der Waals surface area contributed by atoms with E-state index >= 15 is 0 Å². The Labute approximate surface area is 264 Å². The molecule has 44 heavy (non-hydrogen) atoms. The number of carbonyl (C=O) groups is 5. The molecular formula is C33H39BrO10. The molecule has 1 heterocycles. The summed E-state index contributed by atoms with van der Waals surface area (Å²) in [6, 6.07) is 2.96. The first-order chi connectivity index (χ1) is 20.7. The normalized spacial score (nSPS) is 38.9. The molecule has 5 rings (SSSR count). The maximum Gasteiger partial charge on any atom is 0.374 e. The minimum Gasteiger partial charge on any atom is -0.457 e. The molecule has 1 N–H and O–H groups in total. The van der Waals surface area contributed by atoms with Gasteiger partial charge in [-0.15, -0.1) is 0 Å². The molecule has 0 aromatic carbocycles. The smallest absolute Gasteiger partial charge is 0.374 e. The standard InChI is InChI=1S/C33H39BrO10/c1-6-25(37)42-17-24(36)33(44-26(38)7-2)18(3)15-22-21-11-10-19-16-20(35)12-13-30(19,4)32(21,34)27(39)28(31(22,33)5)43-29(40)23-9-8-14-41-23/h8-9,12-14,16,18,21-22,27-28,39H,6-7,10-11,15,17H2,1-5H3/t18-,21?,22-,27-,28+,30-,31+,32-,33-/m0/s1. The number of ether oxygens (including phenoxy) is 3. The molecule has 0 amide bonds. The number of furan rings is 1. The van der Waals surface area contributed by atoms with Crippen molar-refractivity contribution in [2.75, 3.05) is 6.61 Å². The van der Waals surface area contributed by atoms with Crippen molar-refractivity contribution >= 4 is 45.4 Å². The van der Waals surface area contributed by atoms with Crippen molar-refractivity contribution in [2.24, 2.45) is 28.6 Å². The van der Waals surface area contributed by atoms with E-state index in [1.807, 2.05) is 6.92 Å². The van der Waals surface area contributed by atoms with Crippen molar-refractivity contribution in [3.8, 4) is 0 Å². The fourth-order valence-corrected chi connectivity index (χ4v) is 9.89. The highest BCUT2D eigenvalue weighted by Crippen LogP contribution is 2.73. The molecule has 0 aliphatic heterocycles. The second-order valence-electron chi connectivity index (χ2n) is 12.8. The van der Waals surface area contributed by atoms with E-state index in [-0.39, 0.29) is 30.3 Å². The van der Waals surface area contributed by atoms with Gasteiger partial charge < -0.3 is 23.7 Å². The number of alkyl halides is 1. The molecule has 0 bridgehead atoms. The number of allylic oxidation sites excluding steroid dienone is 4. The molecule has 0 radical (unpaired) electrons. The number of rotatable bonds is 8. The van der Waals surface area contributed by atoms with Gasteiger partial charge in [-0.2, -0.15) is 0 Å². The first kappa shape index (κ1) is 32.3. The third-order valence-corrected chi connectivity index (χ3v) is 12.8. The summed E-state index contributed by atoms with van der Waals surface area (Å²) < 4.78 is 21.8. The predicted molar refractivity (Wildman–Crippen MR) is 159 cm³/mol. The zero-order valence-electron chi connectivity index (χ0n) is 25.6. The lowest BCUT2D eigenvalue weighted by atomic mass is 9.45. The summed E-state index contributed by atoms with van der Waals surface area (Å²) in [5.74, 6) is -4.32. The van der Waals surface area contributed by atoms with Crippen LogP contribution in [0.15, 0.2) is 46.6 Å². The lowest BCUT2D eigenvalue weighted by Crippen LogP contribution is -2.76. The number of esters is 3. The minimum absolute atomic E-state index is 0.0342. The highest BCUT2D eigenvalue weighted by molar-refractivity contribution is 9.10. The van der Waals surface area contributed by atoms with E-state index in [0.29, 0.717) is 19.3 Å². The lowest BCUT2D eigenvalue weighted by Gasteiger charge is -2.66. The SMILES string of the molecule is CCC(=O)OCC(=O)[C@@]1(OC(=O)CC)[C@@H](C)C[C@H]2C3CCC4=CC(=O)C=C[C@]4(C)[C@@]3(Br)[C@@H](O)[C@@H](OC(=O)c3ccco3)[C@@]21C. The van der Waals surface area contributed by atoms with Crippen molar-refractivity contribution < 1.29 is 47.7 Å². The minimum atomic E-state index is -1.91. The molecule has 3 saturated carbocycles. The highest BCUT2D eigenvalue weighted by atomic mass is 79.9. The van der Waals surface area contributed by atoms with Gasteiger partial charge in [-0.3, -0.25) is 19.2 Å². The number of aliphatic hydroxyl groups is 1. The van der Waals surface area contributed by atoms with Gasteiger partial charge in [0.05, 0.1) is 16.0 Å². The van der Waals surface area contributed by atoms with Crippen molar-refractivity contribution in [3.05, 3.63) is 48.0 Å². The summed E-state index contributed by atoms with van der Waals surface area (Å²) in [5, 5.41) is 12.6. The van der Waals surface area contributed by atoms with Crippen LogP contribution in [0.2, 0.25) is 0 Å². The molecule has 238 valence electrons. The molecule has 1 aromatic heterocycles. The number of ketones is 2. The monoisotopic (exact) mass is 674 g/mol. The zero-order chi connectivity index (χ0) is 32.2. The average molecular weight is 676 g/mol. The molecule has 11 heteroatoms. The Morgan fingerprint density at radius 1 is 1.11 bits per heavy atom. The number of carbonyl (C=O) groups excluding carboxylic acids is 5. The van der Waals surface area contributed by atoms with Gasteiger partial charge in [0.25, 0.3) is 0 Å². The van der Waals surface area contributed by atoms with Crippen molar-refractivity contribution in [2.45, 2.75) is 88.9 Å². The van der Waals surface area contributed by atoms with Crippen LogP contribution in [-0.2, 0) is 33.4 Å². The molecule has 9 atom stereocenters. The Balaban J connectivity index is 1.72. The maximum atomic E-state index is 14.4. The van der Waals surface area contributed by atoms with Gasteiger partial charge in [-0.05, 0) is 55.4 Å². The summed E-state index contributed by atoms with van der Waals surface area (Å²) >= 11 is 3.98. The van der Waals surface area contributed by atoms with Gasteiger partial charge in [-0.25, -0.2) is 4.79 Å². The fourth-order valence-electron chi connectivity index (χ4n) is 8.71.